The number of aromatic nitrogens is 1. The SMILES string of the molecule is CCNC(=NCc1cc(C(C)C)no1)NCCNC(=O)c1ccc(OC)cc1.I. The van der Waals surface area contributed by atoms with E-state index in [9.17, 15) is 4.79 Å². The van der Waals surface area contributed by atoms with E-state index in [4.69, 9.17) is 9.26 Å². The Hall–Kier alpha value is -2.30. The summed E-state index contributed by atoms with van der Waals surface area (Å²) in [4.78, 5) is 16.6. The summed E-state index contributed by atoms with van der Waals surface area (Å²) in [5.41, 5.74) is 1.51. The molecule has 1 heterocycles. The maximum Gasteiger partial charge on any atom is 0.251 e. The van der Waals surface area contributed by atoms with Crippen LogP contribution in [0.3, 0.4) is 0 Å². The lowest BCUT2D eigenvalue weighted by molar-refractivity contribution is 0.0954. The fourth-order valence-electron chi connectivity index (χ4n) is 2.38. The van der Waals surface area contributed by atoms with Crippen LogP contribution in [-0.2, 0) is 6.54 Å². The number of carbonyl (C=O) groups excluding carboxylic acids is 1. The first-order valence-corrected chi connectivity index (χ1v) is 9.43. The van der Waals surface area contributed by atoms with Crippen molar-refractivity contribution in [1.82, 2.24) is 21.1 Å². The van der Waals surface area contributed by atoms with Gasteiger partial charge in [-0.2, -0.15) is 0 Å². The Balaban J connectivity index is 0.00000420. The highest BCUT2D eigenvalue weighted by molar-refractivity contribution is 14.0. The molecule has 0 atom stereocenters. The molecule has 0 saturated heterocycles. The number of hydrogen-bond donors (Lipinski definition) is 3. The van der Waals surface area contributed by atoms with Crippen LogP contribution < -0.4 is 20.7 Å². The van der Waals surface area contributed by atoms with E-state index in [1.54, 1.807) is 31.4 Å². The molecule has 3 N–H and O–H groups in total. The van der Waals surface area contributed by atoms with E-state index in [1.807, 2.05) is 13.0 Å². The summed E-state index contributed by atoms with van der Waals surface area (Å²) in [6, 6.07) is 8.91. The number of benzene rings is 1. The molecular weight excluding hydrogens is 485 g/mol. The molecule has 0 spiro atoms. The summed E-state index contributed by atoms with van der Waals surface area (Å²) in [6.45, 7) is 8.27. The second kappa shape index (κ2) is 13.0. The molecule has 160 valence electrons. The van der Waals surface area contributed by atoms with Crippen LogP contribution in [0, 0.1) is 0 Å². The van der Waals surface area contributed by atoms with Crippen LogP contribution in [0.25, 0.3) is 0 Å². The van der Waals surface area contributed by atoms with Gasteiger partial charge in [0.15, 0.2) is 11.7 Å². The van der Waals surface area contributed by atoms with Crippen molar-refractivity contribution in [3.63, 3.8) is 0 Å². The molecule has 1 amide bonds. The maximum atomic E-state index is 12.1. The standard InChI is InChI=1S/C20H29N5O3.HI/c1-5-21-20(24-13-17-12-18(14(2)3)25-28-17)23-11-10-22-19(26)15-6-8-16(27-4)9-7-15;/h6-9,12,14H,5,10-11,13H2,1-4H3,(H,22,26)(H2,21,23,24);1H. The first-order chi connectivity index (χ1) is 13.5. The Labute approximate surface area is 188 Å². The Morgan fingerprint density at radius 3 is 2.45 bits per heavy atom. The molecule has 0 saturated carbocycles. The van der Waals surface area contributed by atoms with Crippen molar-refractivity contribution in [2.45, 2.75) is 33.2 Å². The Morgan fingerprint density at radius 1 is 1.17 bits per heavy atom. The summed E-state index contributed by atoms with van der Waals surface area (Å²) in [5, 5.41) is 13.3. The van der Waals surface area contributed by atoms with E-state index in [0.717, 1.165) is 18.0 Å². The zero-order valence-corrected chi connectivity index (χ0v) is 19.7. The van der Waals surface area contributed by atoms with Gasteiger partial charge in [-0.05, 0) is 37.1 Å². The Morgan fingerprint density at radius 2 is 1.86 bits per heavy atom. The fourth-order valence-corrected chi connectivity index (χ4v) is 2.38. The number of carbonyl (C=O) groups is 1. The van der Waals surface area contributed by atoms with Crippen LogP contribution in [0.2, 0.25) is 0 Å². The predicted molar refractivity (Wildman–Crippen MR) is 124 cm³/mol. The number of methoxy groups -OCH3 is 1. The third-order valence-corrected chi connectivity index (χ3v) is 3.96. The van der Waals surface area contributed by atoms with E-state index in [2.05, 4.69) is 39.9 Å². The van der Waals surface area contributed by atoms with E-state index < -0.39 is 0 Å². The molecule has 9 heteroatoms. The minimum Gasteiger partial charge on any atom is -0.497 e. The van der Waals surface area contributed by atoms with Crippen LogP contribution in [0.4, 0.5) is 0 Å². The molecule has 1 aromatic heterocycles. The molecule has 0 aliphatic heterocycles. The second-order valence-electron chi connectivity index (χ2n) is 6.48. The van der Waals surface area contributed by atoms with Crippen molar-refractivity contribution in [3.8, 4) is 5.75 Å². The molecular formula is C20H30IN5O3. The summed E-state index contributed by atoms with van der Waals surface area (Å²) in [6.07, 6.45) is 0. The van der Waals surface area contributed by atoms with Gasteiger partial charge in [0, 0.05) is 31.3 Å². The van der Waals surface area contributed by atoms with Crippen molar-refractivity contribution in [2.24, 2.45) is 4.99 Å². The minimum absolute atomic E-state index is 0. The number of hydrogen-bond acceptors (Lipinski definition) is 5. The first kappa shape index (κ1) is 24.7. The molecule has 0 radical (unpaired) electrons. The van der Waals surface area contributed by atoms with Gasteiger partial charge in [-0.15, -0.1) is 24.0 Å². The average molecular weight is 515 g/mol. The van der Waals surface area contributed by atoms with Crippen LogP contribution in [0.15, 0.2) is 39.8 Å². The van der Waals surface area contributed by atoms with Crippen LogP contribution >= 0.6 is 24.0 Å². The molecule has 8 nitrogen and oxygen atoms in total. The van der Waals surface area contributed by atoms with Crippen molar-refractivity contribution in [2.75, 3.05) is 26.7 Å². The first-order valence-electron chi connectivity index (χ1n) is 9.43. The second-order valence-corrected chi connectivity index (χ2v) is 6.48. The van der Waals surface area contributed by atoms with Gasteiger partial charge in [-0.25, -0.2) is 4.99 Å². The van der Waals surface area contributed by atoms with Gasteiger partial charge in [0.25, 0.3) is 5.91 Å². The van der Waals surface area contributed by atoms with Crippen LogP contribution in [-0.4, -0.2) is 43.8 Å². The molecule has 1 aromatic carbocycles. The maximum absolute atomic E-state index is 12.1. The smallest absolute Gasteiger partial charge is 0.251 e. The molecule has 0 bridgehead atoms. The van der Waals surface area contributed by atoms with Gasteiger partial charge in [-0.3, -0.25) is 4.79 Å². The topological polar surface area (TPSA) is 101 Å². The molecule has 0 aliphatic rings. The van der Waals surface area contributed by atoms with Gasteiger partial charge >= 0.3 is 0 Å². The molecule has 0 unspecified atom stereocenters. The van der Waals surface area contributed by atoms with Gasteiger partial charge in [0.2, 0.25) is 0 Å². The number of halogens is 1. The van der Waals surface area contributed by atoms with Crippen molar-refractivity contribution in [1.29, 1.82) is 0 Å². The molecule has 0 fully saturated rings. The highest BCUT2D eigenvalue weighted by atomic mass is 127. The summed E-state index contributed by atoms with van der Waals surface area (Å²) in [7, 11) is 1.59. The normalized spacial score (nSPS) is 11.0. The highest BCUT2D eigenvalue weighted by Crippen LogP contribution is 2.14. The monoisotopic (exact) mass is 515 g/mol. The Kier molecular flexibility index (Phi) is 11.1. The number of guanidine groups is 1. The van der Waals surface area contributed by atoms with Crippen LogP contribution in [0.5, 0.6) is 5.75 Å². The van der Waals surface area contributed by atoms with Crippen molar-refractivity contribution < 1.29 is 14.1 Å². The number of ether oxygens (including phenoxy) is 1. The number of aliphatic imine (C=N–C) groups is 1. The van der Waals surface area contributed by atoms with E-state index in [1.165, 1.54) is 0 Å². The largest absolute Gasteiger partial charge is 0.497 e. The lowest BCUT2D eigenvalue weighted by Crippen LogP contribution is -2.41. The van der Waals surface area contributed by atoms with Crippen molar-refractivity contribution >= 4 is 35.8 Å². The third kappa shape index (κ3) is 8.30. The predicted octanol–water partition coefficient (Wildman–Crippen LogP) is 2.91. The van der Waals surface area contributed by atoms with E-state index in [0.29, 0.717) is 42.8 Å². The van der Waals surface area contributed by atoms with Gasteiger partial charge in [0.1, 0.15) is 12.3 Å². The fraction of sp³-hybridized carbons (Fsp3) is 0.450. The zero-order valence-electron chi connectivity index (χ0n) is 17.3. The van der Waals surface area contributed by atoms with Crippen molar-refractivity contribution in [3.05, 3.63) is 47.3 Å². The number of nitrogens with one attached hydrogen (secondary N) is 3. The number of rotatable bonds is 9. The summed E-state index contributed by atoms with van der Waals surface area (Å²) >= 11 is 0. The van der Waals surface area contributed by atoms with Crippen LogP contribution in [0.1, 0.15) is 48.5 Å². The zero-order chi connectivity index (χ0) is 20.4. The quantitative estimate of drug-likeness (QED) is 0.206. The van der Waals surface area contributed by atoms with E-state index >= 15 is 0 Å². The summed E-state index contributed by atoms with van der Waals surface area (Å²) < 4.78 is 10.4. The van der Waals surface area contributed by atoms with Gasteiger partial charge < -0.3 is 25.2 Å². The molecule has 2 rings (SSSR count). The average Bonchev–Trinajstić information content (AvgIpc) is 3.18. The molecule has 29 heavy (non-hydrogen) atoms. The third-order valence-electron chi connectivity index (χ3n) is 3.96. The Bertz CT molecular complexity index is 775. The van der Waals surface area contributed by atoms with Gasteiger partial charge in [-0.1, -0.05) is 19.0 Å². The number of nitrogens with zero attached hydrogens (tertiary/aromatic N) is 2. The van der Waals surface area contributed by atoms with E-state index in [-0.39, 0.29) is 29.9 Å². The summed E-state index contributed by atoms with van der Waals surface area (Å²) in [5.74, 6) is 2.28. The lowest BCUT2D eigenvalue weighted by Gasteiger charge is -2.11. The number of amides is 1. The molecule has 0 aliphatic carbocycles. The minimum atomic E-state index is -0.130. The highest BCUT2D eigenvalue weighted by Gasteiger charge is 2.08. The lowest BCUT2D eigenvalue weighted by atomic mass is 10.1. The molecule has 2 aromatic rings. The van der Waals surface area contributed by atoms with Gasteiger partial charge in [0.05, 0.1) is 12.8 Å².